The molecule has 1 atom stereocenters. The monoisotopic (exact) mass is 286 g/mol. The Bertz CT molecular complexity index is 367. The Morgan fingerprint density at radius 2 is 1.84 bits per heavy atom. The lowest BCUT2D eigenvalue weighted by Gasteiger charge is -2.40. The fraction of sp³-hybridized carbons (Fsp3) is 0.846. The quantitative estimate of drug-likeness (QED) is 0.797. The highest BCUT2D eigenvalue weighted by atomic mass is 32.2. The molecule has 2 rings (SSSR count). The number of thioether (sulfide) groups is 1. The molecule has 2 aliphatic heterocycles. The van der Waals surface area contributed by atoms with Crippen LogP contribution in [0.4, 0.5) is 4.79 Å². The summed E-state index contributed by atoms with van der Waals surface area (Å²) < 4.78 is 0. The zero-order valence-electron chi connectivity index (χ0n) is 11.6. The lowest BCUT2D eigenvalue weighted by molar-refractivity contribution is -0.150. The lowest BCUT2D eigenvalue weighted by Crippen LogP contribution is -2.52. The topological polar surface area (TPSA) is 60.9 Å². The molecule has 2 saturated heterocycles. The van der Waals surface area contributed by atoms with Crippen LogP contribution in [0.2, 0.25) is 0 Å². The number of carbonyl (C=O) groups is 2. The van der Waals surface area contributed by atoms with Crippen LogP contribution in [-0.4, -0.2) is 64.1 Å². The molecule has 1 N–H and O–H groups in total. The molecule has 2 heterocycles. The summed E-state index contributed by atoms with van der Waals surface area (Å²) >= 11 is 1.90. The summed E-state index contributed by atoms with van der Waals surface area (Å²) in [5.41, 5.74) is -0.665. The van der Waals surface area contributed by atoms with Crippen molar-refractivity contribution in [3.63, 3.8) is 0 Å². The van der Waals surface area contributed by atoms with Crippen molar-refractivity contribution in [2.24, 2.45) is 5.41 Å². The standard InChI is InChI=1S/C13H22N2O3S/c1-10-9-15(7-8-19-10)12(18)14-5-3-13(2,4-6-14)11(16)17/h10H,3-9H2,1-2H3,(H,16,17). The van der Waals surface area contributed by atoms with Crippen LogP contribution in [0, 0.1) is 5.41 Å². The molecule has 0 bridgehead atoms. The normalized spacial score (nSPS) is 27.2. The Morgan fingerprint density at radius 3 is 2.37 bits per heavy atom. The first kappa shape index (κ1) is 14.5. The number of carboxylic acids is 1. The van der Waals surface area contributed by atoms with Crippen molar-refractivity contribution < 1.29 is 14.7 Å². The summed E-state index contributed by atoms with van der Waals surface area (Å²) in [5.74, 6) is 0.246. The Kier molecular flexibility index (Phi) is 4.28. The maximum atomic E-state index is 12.4. The van der Waals surface area contributed by atoms with Crippen LogP contribution in [0.1, 0.15) is 26.7 Å². The van der Waals surface area contributed by atoms with Gasteiger partial charge in [0, 0.05) is 37.2 Å². The van der Waals surface area contributed by atoms with Gasteiger partial charge in [-0.25, -0.2) is 4.79 Å². The molecule has 6 heteroatoms. The lowest BCUT2D eigenvalue weighted by atomic mass is 9.80. The maximum absolute atomic E-state index is 12.4. The predicted octanol–water partition coefficient (Wildman–Crippen LogP) is 1.73. The van der Waals surface area contributed by atoms with Gasteiger partial charge in [0.15, 0.2) is 0 Å². The van der Waals surface area contributed by atoms with E-state index in [4.69, 9.17) is 0 Å². The smallest absolute Gasteiger partial charge is 0.320 e. The SMILES string of the molecule is CC1CN(C(=O)N2CCC(C)(C(=O)O)CC2)CCS1. The van der Waals surface area contributed by atoms with E-state index in [1.165, 1.54) is 0 Å². The van der Waals surface area contributed by atoms with E-state index in [1.54, 1.807) is 6.92 Å². The molecule has 0 saturated carbocycles. The van der Waals surface area contributed by atoms with Gasteiger partial charge in [-0.05, 0) is 19.8 Å². The van der Waals surface area contributed by atoms with Gasteiger partial charge in [-0.2, -0.15) is 11.8 Å². The molecule has 0 aromatic rings. The van der Waals surface area contributed by atoms with Crippen molar-refractivity contribution in [1.82, 2.24) is 9.80 Å². The maximum Gasteiger partial charge on any atom is 0.320 e. The molecule has 2 aliphatic rings. The van der Waals surface area contributed by atoms with Crippen LogP contribution >= 0.6 is 11.8 Å². The first-order chi connectivity index (χ1) is 8.92. The predicted molar refractivity (Wildman–Crippen MR) is 75.4 cm³/mol. The summed E-state index contributed by atoms with van der Waals surface area (Å²) in [6.07, 6.45) is 1.10. The van der Waals surface area contributed by atoms with E-state index in [0.717, 1.165) is 18.8 Å². The molecule has 0 aromatic carbocycles. The van der Waals surface area contributed by atoms with E-state index in [0.29, 0.717) is 31.2 Å². The van der Waals surface area contributed by atoms with Crippen LogP contribution in [0.5, 0.6) is 0 Å². The largest absolute Gasteiger partial charge is 0.481 e. The first-order valence-corrected chi connectivity index (χ1v) is 7.86. The zero-order chi connectivity index (χ0) is 14.0. The van der Waals surface area contributed by atoms with Gasteiger partial charge in [0.2, 0.25) is 0 Å². The third-order valence-electron chi connectivity index (χ3n) is 4.17. The van der Waals surface area contributed by atoms with Crippen LogP contribution < -0.4 is 0 Å². The highest BCUT2D eigenvalue weighted by Crippen LogP contribution is 2.31. The van der Waals surface area contributed by atoms with Gasteiger partial charge in [-0.1, -0.05) is 6.92 Å². The first-order valence-electron chi connectivity index (χ1n) is 6.81. The average molecular weight is 286 g/mol. The summed E-state index contributed by atoms with van der Waals surface area (Å²) in [6, 6.07) is 0.0830. The highest BCUT2D eigenvalue weighted by molar-refractivity contribution is 7.99. The van der Waals surface area contributed by atoms with Crippen molar-refractivity contribution in [2.45, 2.75) is 31.9 Å². The number of carbonyl (C=O) groups excluding carboxylic acids is 1. The minimum atomic E-state index is -0.748. The molecule has 1 unspecified atom stereocenters. The number of hydrogen-bond acceptors (Lipinski definition) is 3. The number of aliphatic carboxylic acids is 1. The number of likely N-dealkylation sites (tertiary alicyclic amines) is 1. The Labute approximate surface area is 118 Å². The van der Waals surface area contributed by atoms with Gasteiger partial charge < -0.3 is 14.9 Å². The van der Waals surface area contributed by atoms with Gasteiger partial charge in [-0.3, -0.25) is 4.79 Å². The zero-order valence-corrected chi connectivity index (χ0v) is 12.4. The second kappa shape index (κ2) is 5.61. The van der Waals surface area contributed by atoms with E-state index >= 15 is 0 Å². The number of hydrogen-bond donors (Lipinski definition) is 1. The number of carboxylic acid groups (broad SMARTS) is 1. The Hall–Kier alpha value is -0.910. The van der Waals surface area contributed by atoms with Gasteiger partial charge in [0.05, 0.1) is 5.41 Å². The molecular formula is C13H22N2O3S. The fourth-order valence-electron chi connectivity index (χ4n) is 2.60. The number of rotatable bonds is 1. The summed E-state index contributed by atoms with van der Waals surface area (Å²) in [7, 11) is 0. The number of amides is 2. The van der Waals surface area contributed by atoms with Crippen LogP contribution in [0.25, 0.3) is 0 Å². The molecule has 0 radical (unpaired) electrons. The van der Waals surface area contributed by atoms with Crippen LogP contribution in [-0.2, 0) is 4.79 Å². The van der Waals surface area contributed by atoms with Crippen molar-refractivity contribution >= 4 is 23.8 Å². The van der Waals surface area contributed by atoms with E-state index in [2.05, 4.69) is 6.92 Å². The Balaban J connectivity index is 1.90. The third-order valence-corrected chi connectivity index (χ3v) is 5.30. The Morgan fingerprint density at radius 1 is 1.21 bits per heavy atom. The minimum Gasteiger partial charge on any atom is -0.481 e. The number of urea groups is 1. The fourth-order valence-corrected chi connectivity index (χ4v) is 3.61. The molecule has 2 amide bonds. The number of nitrogens with zero attached hydrogens (tertiary/aromatic N) is 2. The molecule has 108 valence electrons. The summed E-state index contributed by atoms with van der Waals surface area (Å²) in [4.78, 5) is 27.3. The highest BCUT2D eigenvalue weighted by Gasteiger charge is 2.39. The van der Waals surface area contributed by atoms with Crippen LogP contribution in [0.3, 0.4) is 0 Å². The molecule has 5 nitrogen and oxygen atoms in total. The average Bonchev–Trinajstić information content (AvgIpc) is 2.38. The third kappa shape index (κ3) is 3.16. The summed E-state index contributed by atoms with van der Waals surface area (Å²) in [6.45, 7) is 6.63. The van der Waals surface area contributed by atoms with Gasteiger partial charge in [0.25, 0.3) is 0 Å². The van der Waals surface area contributed by atoms with E-state index in [9.17, 15) is 14.7 Å². The van der Waals surface area contributed by atoms with Crippen molar-refractivity contribution in [3.8, 4) is 0 Å². The summed E-state index contributed by atoms with van der Waals surface area (Å²) in [5, 5.41) is 9.68. The van der Waals surface area contributed by atoms with Gasteiger partial charge >= 0.3 is 12.0 Å². The molecule has 19 heavy (non-hydrogen) atoms. The minimum absolute atomic E-state index is 0.0830. The van der Waals surface area contributed by atoms with Crippen LogP contribution in [0.15, 0.2) is 0 Å². The molecule has 0 spiro atoms. The molecule has 2 fully saturated rings. The molecule has 0 aromatic heterocycles. The molecule has 0 aliphatic carbocycles. The van der Waals surface area contributed by atoms with Gasteiger partial charge in [-0.15, -0.1) is 0 Å². The van der Waals surface area contributed by atoms with E-state index in [-0.39, 0.29) is 6.03 Å². The number of piperidine rings is 1. The van der Waals surface area contributed by atoms with Crippen molar-refractivity contribution in [1.29, 1.82) is 0 Å². The van der Waals surface area contributed by atoms with Gasteiger partial charge in [0.1, 0.15) is 0 Å². The van der Waals surface area contributed by atoms with E-state index in [1.807, 2.05) is 21.6 Å². The second-order valence-electron chi connectivity index (χ2n) is 5.76. The van der Waals surface area contributed by atoms with E-state index < -0.39 is 11.4 Å². The van der Waals surface area contributed by atoms with Crippen molar-refractivity contribution in [3.05, 3.63) is 0 Å². The van der Waals surface area contributed by atoms with Crippen molar-refractivity contribution in [2.75, 3.05) is 31.9 Å². The second-order valence-corrected chi connectivity index (χ2v) is 7.31. The molecular weight excluding hydrogens is 264 g/mol.